The Morgan fingerprint density at radius 2 is 2.12 bits per heavy atom. The molecule has 0 atom stereocenters. The second kappa shape index (κ2) is 4.94. The van der Waals surface area contributed by atoms with Crippen molar-refractivity contribution in [3.05, 3.63) is 33.4 Å². The molecule has 7 nitrogen and oxygen atoms in total. The quantitative estimate of drug-likeness (QED) is 0.444. The first-order valence-corrected chi connectivity index (χ1v) is 4.40. The highest BCUT2D eigenvalue weighted by Crippen LogP contribution is 2.34. The highest BCUT2D eigenvalue weighted by Gasteiger charge is 2.28. The van der Waals surface area contributed by atoms with Crippen molar-refractivity contribution in [2.75, 3.05) is 14.2 Å². The van der Waals surface area contributed by atoms with Gasteiger partial charge in [0.15, 0.2) is 0 Å². The van der Waals surface area contributed by atoms with Crippen molar-refractivity contribution in [3.8, 4) is 11.8 Å². The van der Waals surface area contributed by atoms with Crippen LogP contribution in [0.3, 0.4) is 0 Å². The summed E-state index contributed by atoms with van der Waals surface area (Å²) in [7, 11) is 2.29. The lowest BCUT2D eigenvalue weighted by atomic mass is 10.1. The zero-order valence-electron chi connectivity index (χ0n) is 9.09. The van der Waals surface area contributed by atoms with Crippen LogP contribution in [0.2, 0.25) is 0 Å². The van der Waals surface area contributed by atoms with Crippen molar-refractivity contribution in [2.24, 2.45) is 0 Å². The number of hydrogen-bond donors (Lipinski definition) is 0. The zero-order valence-corrected chi connectivity index (χ0v) is 9.09. The molecule has 0 aromatic heterocycles. The van der Waals surface area contributed by atoms with Crippen LogP contribution in [0.1, 0.15) is 15.9 Å². The molecular formula is C10H8N2O5. The van der Waals surface area contributed by atoms with Crippen molar-refractivity contribution in [3.63, 3.8) is 0 Å². The monoisotopic (exact) mass is 236 g/mol. The molecule has 17 heavy (non-hydrogen) atoms. The highest BCUT2D eigenvalue weighted by molar-refractivity contribution is 5.95. The molecule has 0 saturated carbocycles. The van der Waals surface area contributed by atoms with Gasteiger partial charge < -0.3 is 9.47 Å². The van der Waals surface area contributed by atoms with Gasteiger partial charge in [0, 0.05) is 0 Å². The van der Waals surface area contributed by atoms with Crippen LogP contribution < -0.4 is 4.74 Å². The molecule has 0 amide bonds. The molecule has 0 saturated heterocycles. The SMILES string of the molecule is COC(=O)c1ccc(C#N)c(OC)c1[N+](=O)[O-]. The van der Waals surface area contributed by atoms with Gasteiger partial charge in [-0.05, 0) is 12.1 Å². The van der Waals surface area contributed by atoms with E-state index in [2.05, 4.69) is 4.74 Å². The molecule has 7 heteroatoms. The number of nitro benzene ring substituents is 1. The standard InChI is InChI=1S/C10H8N2O5/c1-16-9-6(5-11)3-4-7(10(13)17-2)8(9)12(14)15/h3-4H,1-2H3. The third-order valence-electron chi connectivity index (χ3n) is 2.04. The molecule has 0 bridgehead atoms. The van der Waals surface area contributed by atoms with Crippen LogP contribution in [0, 0.1) is 21.4 Å². The van der Waals surface area contributed by atoms with Gasteiger partial charge in [0.2, 0.25) is 5.75 Å². The molecule has 0 unspecified atom stereocenters. The Labute approximate surface area is 96.3 Å². The lowest BCUT2D eigenvalue weighted by molar-refractivity contribution is -0.386. The zero-order chi connectivity index (χ0) is 13.0. The average Bonchev–Trinajstić information content (AvgIpc) is 2.35. The Bertz CT molecular complexity index is 518. The first-order chi connectivity index (χ1) is 8.06. The van der Waals surface area contributed by atoms with Crippen molar-refractivity contribution in [1.29, 1.82) is 5.26 Å². The summed E-state index contributed by atoms with van der Waals surface area (Å²) in [4.78, 5) is 21.5. The number of nitrogens with zero attached hydrogens (tertiary/aromatic N) is 2. The van der Waals surface area contributed by atoms with Gasteiger partial charge in [-0.25, -0.2) is 4.79 Å². The smallest absolute Gasteiger partial charge is 0.345 e. The van der Waals surface area contributed by atoms with Crippen LogP contribution in [0.5, 0.6) is 5.75 Å². The number of benzene rings is 1. The molecule has 0 spiro atoms. The summed E-state index contributed by atoms with van der Waals surface area (Å²) in [5.74, 6) is -1.11. The molecule has 0 heterocycles. The fourth-order valence-electron chi connectivity index (χ4n) is 1.32. The van der Waals surface area contributed by atoms with Gasteiger partial charge in [-0.1, -0.05) is 0 Å². The molecule has 0 fully saturated rings. The lowest BCUT2D eigenvalue weighted by Crippen LogP contribution is -2.08. The van der Waals surface area contributed by atoms with E-state index in [9.17, 15) is 14.9 Å². The minimum Gasteiger partial charge on any atom is -0.489 e. The third kappa shape index (κ3) is 2.15. The lowest BCUT2D eigenvalue weighted by Gasteiger charge is -2.06. The molecule has 1 aromatic carbocycles. The number of ether oxygens (including phenoxy) is 2. The van der Waals surface area contributed by atoms with Crippen molar-refractivity contribution in [1.82, 2.24) is 0 Å². The molecule has 1 rings (SSSR count). The summed E-state index contributed by atoms with van der Waals surface area (Å²) in [6.07, 6.45) is 0. The van der Waals surface area contributed by atoms with E-state index in [1.807, 2.05) is 0 Å². The van der Waals surface area contributed by atoms with E-state index < -0.39 is 16.6 Å². The van der Waals surface area contributed by atoms with Gasteiger partial charge >= 0.3 is 11.7 Å². The first-order valence-electron chi connectivity index (χ1n) is 4.40. The number of hydrogen-bond acceptors (Lipinski definition) is 6. The van der Waals surface area contributed by atoms with E-state index in [1.165, 1.54) is 13.2 Å². The van der Waals surface area contributed by atoms with Crippen molar-refractivity contribution in [2.45, 2.75) is 0 Å². The summed E-state index contributed by atoms with van der Waals surface area (Å²) < 4.78 is 9.21. The Hall–Kier alpha value is -2.62. The van der Waals surface area contributed by atoms with Crippen LogP contribution in [0.15, 0.2) is 12.1 Å². The largest absolute Gasteiger partial charge is 0.489 e. The Balaban J connectivity index is 3.60. The van der Waals surface area contributed by atoms with E-state index in [0.717, 1.165) is 13.2 Å². The predicted molar refractivity (Wildman–Crippen MR) is 55.7 cm³/mol. The number of carbonyl (C=O) groups excluding carboxylic acids is 1. The third-order valence-corrected chi connectivity index (χ3v) is 2.04. The fourth-order valence-corrected chi connectivity index (χ4v) is 1.32. The average molecular weight is 236 g/mol. The summed E-state index contributed by atoms with van der Waals surface area (Å²) in [6, 6.07) is 4.16. The van der Waals surface area contributed by atoms with Crippen molar-refractivity contribution >= 4 is 11.7 Å². The second-order valence-electron chi connectivity index (χ2n) is 2.90. The fraction of sp³-hybridized carbons (Fsp3) is 0.200. The number of rotatable bonds is 3. The number of esters is 1. The number of nitro groups is 1. The van der Waals surface area contributed by atoms with Gasteiger partial charge in [-0.3, -0.25) is 10.1 Å². The first kappa shape index (κ1) is 12.4. The summed E-state index contributed by atoms with van der Waals surface area (Å²) in [5, 5.41) is 19.7. The minimum absolute atomic E-state index is 0.0214. The summed E-state index contributed by atoms with van der Waals surface area (Å²) in [5.41, 5.74) is -0.849. The van der Waals surface area contributed by atoms with Crippen LogP contribution in [-0.2, 0) is 4.74 Å². The Morgan fingerprint density at radius 3 is 2.53 bits per heavy atom. The molecule has 0 aliphatic carbocycles. The van der Waals surface area contributed by atoms with Gasteiger partial charge in [0.25, 0.3) is 0 Å². The Morgan fingerprint density at radius 1 is 1.47 bits per heavy atom. The molecule has 1 aromatic rings. The van der Waals surface area contributed by atoms with E-state index in [1.54, 1.807) is 6.07 Å². The maximum Gasteiger partial charge on any atom is 0.345 e. The van der Waals surface area contributed by atoms with Gasteiger partial charge in [0.05, 0.1) is 19.1 Å². The molecular weight excluding hydrogens is 228 g/mol. The predicted octanol–water partition coefficient (Wildman–Crippen LogP) is 1.26. The summed E-state index contributed by atoms with van der Waals surface area (Å²) in [6.45, 7) is 0. The molecule has 0 radical (unpaired) electrons. The van der Waals surface area contributed by atoms with Crippen molar-refractivity contribution < 1.29 is 19.2 Å². The second-order valence-corrected chi connectivity index (χ2v) is 2.90. The number of nitriles is 1. The number of methoxy groups -OCH3 is 2. The maximum atomic E-state index is 11.3. The van der Waals surface area contributed by atoms with Crippen LogP contribution >= 0.6 is 0 Å². The maximum absolute atomic E-state index is 11.3. The van der Waals surface area contributed by atoms with E-state index in [-0.39, 0.29) is 16.9 Å². The van der Waals surface area contributed by atoms with Crippen LogP contribution in [0.25, 0.3) is 0 Å². The molecule has 88 valence electrons. The molecule has 0 aliphatic heterocycles. The normalized spacial score (nSPS) is 9.24. The minimum atomic E-state index is -0.862. The molecule has 0 N–H and O–H groups in total. The Kier molecular flexibility index (Phi) is 3.62. The molecule has 0 aliphatic rings. The summed E-state index contributed by atoms with van der Waals surface area (Å²) >= 11 is 0. The van der Waals surface area contributed by atoms with Gasteiger partial charge in [0.1, 0.15) is 17.2 Å². The van der Waals surface area contributed by atoms with E-state index in [0.29, 0.717) is 0 Å². The van der Waals surface area contributed by atoms with Crippen LogP contribution in [0.4, 0.5) is 5.69 Å². The topological polar surface area (TPSA) is 102 Å². The highest BCUT2D eigenvalue weighted by atomic mass is 16.6. The van der Waals surface area contributed by atoms with Crippen LogP contribution in [-0.4, -0.2) is 25.1 Å². The number of carbonyl (C=O) groups is 1. The van der Waals surface area contributed by atoms with E-state index in [4.69, 9.17) is 10.00 Å². The van der Waals surface area contributed by atoms with E-state index >= 15 is 0 Å². The van der Waals surface area contributed by atoms with Gasteiger partial charge in [-0.2, -0.15) is 5.26 Å². The van der Waals surface area contributed by atoms with Gasteiger partial charge in [-0.15, -0.1) is 0 Å².